The van der Waals surface area contributed by atoms with Crippen LogP contribution in [0.5, 0.6) is 0 Å². The number of hydrogen-bond acceptors (Lipinski definition) is 8. The van der Waals surface area contributed by atoms with Crippen LogP contribution in [0.15, 0.2) is 18.2 Å². The molecule has 1 aromatic rings. The molecule has 48 heavy (non-hydrogen) atoms. The lowest BCUT2D eigenvalue weighted by Gasteiger charge is -2.33. The van der Waals surface area contributed by atoms with E-state index in [2.05, 4.69) is 5.32 Å². The number of nitrogens with one attached hydrogen (secondary N) is 1. The van der Waals surface area contributed by atoms with Gasteiger partial charge in [0.25, 0.3) is 5.91 Å². The van der Waals surface area contributed by atoms with Crippen LogP contribution in [0.4, 0.5) is 18.9 Å². The van der Waals surface area contributed by atoms with Crippen molar-refractivity contribution in [3.8, 4) is 6.07 Å². The number of nitrogens with zero attached hydrogens (tertiary/aromatic N) is 3. The van der Waals surface area contributed by atoms with Gasteiger partial charge in [-0.05, 0) is 101 Å². The molecule has 2 amide bonds. The lowest BCUT2D eigenvalue weighted by atomic mass is 9.81. The molecule has 1 aliphatic heterocycles. The molecular weight excluding hydrogens is 649 g/mol. The van der Waals surface area contributed by atoms with Gasteiger partial charge in [-0.2, -0.15) is 18.4 Å². The number of anilines is 1. The molecule has 10 nitrogen and oxygen atoms in total. The fourth-order valence-corrected chi connectivity index (χ4v) is 8.50. The third kappa shape index (κ3) is 8.13. The van der Waals surface area contributed by atoms with E-state index in [1.165, 1.54) is 44.2 Å². The molecule has 4 bridgehead atoms. The topological polar surface area (TPSA) is 113 Å². The monoisotopic (exact) mass is 694 g/mol. The van der Waals surface area contributed by atoms with Crippen molar-refractivity contribution >= 4 is 34.8 Å². The molecule has 14 heteroatoms. The molecule has 1 saturated heterocycles. The molecule has 0 radical (unpaired) electrons. The zero-order chi connectivity index (χ0) is 34.5. The predicted molar refractivity (Wildman–Crippen MR) is 174 cm³/mol. The Bertz CT molecular complexity index is 1370. The summed E-state index contributed by atoms with van der Waals surface area (Å²) in [7, 11) is 0. The zero-order valence-corrected chi connectivity index (χ0v) is 28.4. The van der Waals surface area contributed by atoms with Crippen molar-refractivity contribution in [1.82, 2.24) is 10.2 Å². The maximum atomic E-state index is 13.5. The van der Waals surface area contributed by atoms with Crippen molar-refractivity contribution in [3.63, 3.8) is 0 Å². The van der Waals surface area contributed by atoms with Crippen LogP contribution < -0.4 is 10.2 Å². The van der Waals surface area contributed by atoms with Gasteiger partial charge in [0.1, 0.15) is 5.54 Å². The molecule has 2 atom stereocenters. The van der Waals surface area contributed by atoms with Crippen LogP contribution in [0.25, 0.3) is 0 Å². The Morgan fingerprint density at radius 3 is 2.27 bits per heavy atom. The second-order valence-corrected chi connectivity index (χ2v) is 14.1. The Labute approximate surface area is 285 Å². The van der Waals surface area contributed by atoms with Crippen molar-refractivity contribution in [2.24, 2.45) is 17.8 Å². The first-order valence-electron chi connectivity index (χ1n) is 16.8. The van der Waals surface area contributed by atoms with Crippen molar-refractivity contribution in [3.05, 3.63) is 29.3 Å². The minimum atomic E-state index is -4.77. The summed E-state index contributed by atoms with van der Waals surface area (Å²) in [4.78, 5) is 28.2. The van der Waals surface area contributed by atoms with Crippen LogP contribution in [0.2, 0.25) is 0 Å². The smallest absolute Gasteiger partial charge is 0.377 e. The van der Waals surface area contributed by atoms with Crippen molar-refractivity contribution in [1.29, 1.82) is 5.26 Å². The third-order valence-electron chi connectivity index (χ3n) is 10.1. The summed E-state index contributed by atoms with van der Waals surface area (Å²) in [6.45, 7) is 7.15. The summed E-state index contributed by atoms with van der Waals surface area (Å²) in [6.07, 6.45) is 2.33. The number of ether oxygens (including phenoxy) is 4. The van der Waals surface area contributed by atoms with E-state index in [1.807, 2.05) is 0 Å². The summed E-state index contributed by atoms with van der Waals surface area (Å²) in [5, 5.41) is 11.9. The summed E-state index contributed by atoms with van der Waals surface area (Å²) in [6, 6.07) is 4.59. The maximum Gasteiger partial charge on any atom is 0.417 e. The molecule has 1 aromatic carbocycles. The minimum absolute atomic E-state index is 0.0385. The Morgan fingerprint density at radius 2 is 1.65 bits per heavy atom. The normalized spacial score (nSPS) is 25.7. The van der Waals surface area contributed by atoms with Gasteiger partial charge in [-0.1, -0.05) is 0 Å². The molecule has 0 spiro atoms. The van der Waals surface area contributed by atoms with Gasteiger partial charge in [0, 0.05) is 19.5 Å². The van der Waals surface area contributed by atoms with Crippen LogP contribution in [-0.4, -0.2) is 92.3 Å². The number of halogens is 3. The van der Waals surface area contributed by atoms with Crippen LogP contribution in [0.1, 0.15) is 69.9 Å². The number of benzene rings is 1. The molecular formula is C34H45F3N4O6S. The largest absolute Gasteiger partial charge is 0.417 e. The number of hydrogen-bond donors (Lipinski definition) is 1. The number of nitriles is 1. The van der Waals surface area contributed by atoms with E-state index in [0.717, 1.165) is 34.8 Å². The lowest BCUT2D eigenvalue weighted by molar-refractivity contribution is -0.137. The molecule has 1 heterocycles. The van der Waals surface area contributed by atoms with Crippen molar-refractivity contribution < 1.29 is 41.7 Å². The first-order valence-corrected chi connectivity index (χ1v) is 17.2. The second kappa shape index (κ2) is 15.4. The van der Waals surface area contributed by atoms with Crippen LogP contribution in [0.3, 0.4) is 0 Å². The van der Waals surface area contributed by atoms with E-state index in [0.29, 0.717) is 59.2 Å². The predicted octanol–water partition coefficient (Wildman–Crippen LogP) is 4.83. The van der Waals surface area contributed by atoms with E-state index < -0.39 is 28.7 Å². The number of amides is 2. The third-order valence-corrected chi connectivity index (χ3v) is 10.5. The van der Waals surface area contributed by atoms with Crippen LogP contribution in [0, 0.1) is 29.1 Å². The van der Waals surface area contributed by atoms with E-state index in [9.17, 15) is 22.8 Å². The molecule has 4 saturated carbocycles. The first kappa shape index (κ1) is 36.5. The highest BCUT2D eigenvalue weighted by molar-refractivity contribution is 7.80. The minimum Gasteiger partial charge on any atom is -0.377 e. The molecule has 5 aliphatic rings. The van der Waals surface area contributed by atoms with Crippen LogP contribution in [-0.2, 0) is 34.7 Å². The van der Waals surface area contributed by atoms with Gasteiger partial charge in [0.15, 0.2) is 5.11 Å². The van der Waals surface area contributed by atoms with Gasteiger partial charge in [-0.15, -0.1) is 0 Å². The van der Waals surface area contributed by atoms with Crippen molar-refractivity contribution in [2.75, 3.05) is 64.2 Å². The fourth-order valence-electron chi connectivity index (χ4n) is 7.99. The Kier molecular flexibility index (Phi) is 11.7. The van der Waals surface area contributed by atoms with E-state index in [1.54, 1.807) is 18.7 Å². The summed E-state index contributed by atoms with van der Waals surface area (Å²) in [5.41, 5.74) is -2.75. The number of rotatable bonds is 18. The molecule has 1 N–H and O–H groups in total. The number of thiocarbonyl (C=S) groups is 1. The quantitative estimate of drug-likeness (QED) is 0.171. The molecule has 264 valence electrons. The molecule has 2 unspecified atom stereocenters. The second-order valence-electron chi connectivity index (χ2n) is 13.7. The molecule has 6 rings (SSSR count). The maximum absolute atomic E-state index is 13.5. The Balaban J connectivity index is 0.897. The molecule has 0 aromatic heterocycles. The number of alkyl halides is 3. The SMILES string of the molecule is CC1(C)C(=O)N(c2ccc(C#N)c(C(F)(F)F)c2)C(=S)N1CCCC(=O)NCCOCCOCCOCCOC12CC3CC(CC1C3)C2. The summed E-state index contributed by atoms with van der Waals surface area (Å²) < 4.78 is 63.6. The van der Waals surface area contributed by atoms with E-state index in [4.69, 9.17) is 36.4 Å². The molecule has 4 aliphatic carbocycles. The highest BCUT2D eigenvalue weighted by Crippen LogP contribution is 2.62. The van der Waals surface area contributed by atoms with Gasteiger partial charge in [0.2, 0.25) is 5.91 Å². The van der Waals surface area contributed by atoms with E-state index in [-0.39, 0.29) is 35.3 Å². The Morgan fingerprint density at radius 1 is 1.02 bits per heavy atom. The van der Waals surface area contributed by atoms with Gasteiger partial charge >= 0.3 is 6.18 Å². The average Bonchev–Trinajstić information content (AvgIpc) is 3.49. The Hall–Kier alpha value is -2.83. The van der Waals surface area contributed by atoms with Crippen molar-refractivity contribution in [2.45, 2.75) is 76.1 Å². The van der Waals surface area contributed by atoms with E-state index >= 15 is 0 Å². The number of carbonyl (C=O) groups is 2. The molecule has 5 fully saturated rings. The fraction of sp³-hybridized carbons (Fsp3) is 0.706. The summed E-state index contributed by atoms with van der Waals surface area (Å²) >= 11 is 5.49. The standard InChI is InChI=1S/C34H45F3N4O6S/c1-32(2)30(43)41(27-6-5-25(22-38)28(19-27)34(35,36)37)31(48)40(32)8-3-4-29(42)39-7-9-44-10-11-45-12-13-46-14-15-47-33-20-23-16-24(21-33)18-26(33)17-23/h5-6,19,23-24,26H,3-4,7-18,20-21H2,1-2H3,(H,39,42). The first-order chi connectivity index (χ1) is 22.9. The number of carbonyl (C=O) groups excluding carboxylic acids is 2. The van der Waals surface area contributed by atoms with Gasteiger partial charge in [-0.3, -0.25) is 14.5 Å². The van der Waals surface area contributed by atoms with Gasteiger partial charge < -0.3 is 29.2 Å². The highest BCUT2D eigenvalue weighted by Gasteiger charge is 2.58. The van der Waals surface area contributed by atoms with Crippen LogP contribution >= 0.6 is 12.2 Å². The van der Waals surface area contributed by atoms with Gasteiger partial charge in [0.05, 0.1) is 74.7 Å². The summed E-state index contributed by atoms with van der Waals surface area (Å²) in [5.74, 6) is 1.83. The highest BCUT2D eigenvalue weighted by atomic mass is 32.1. The van der Waals surface area contributed by atoms with Gasteiger partial charge in [-0.25, -0.2) is 0 Å². The average molecular weight is 695 g/mol. The zero-order valence-electron chi connectivity index (χ0n) is 27.6. The lowest BCUT2D eigenvalue weighted by Crippen LogP contribution is -2.44.